The number of anilines is 3. The normalized spacial score (nSPS) is 13.0. The molecule has 48 heavy (non-hydrogen) atoms. The highest BCUT2D eigenvalue weighted by Gasteiger charge is 2.35. The summed E-state index contributed by atoms with van der Waals surface area (Å²) in [6, 6.07) is 64.5. The summed E-state index contributed by atoms with van der Waals surface area (Å²) in [7, 11) is 0. The first-order valence-corrected chi connectivity index (χ1v) is 16.8. The zero-order valence-corrected chi connectivity index (χ0v) is 27.2. The van der Waals surface area contributed by atoms with Crippen molar-refractivity contribution in [3.8, 4) is 33.4 Å². The average molecular weight is 614 g/mol. The van der Waals surface area contributed by atoms with Gasteiger partial charge in [-0.3, -0.25) is 0 Å². The Balaban J connectivity index is 1.23. The van der Waals surface area contributed by atoms with Gasteiger partial charge in [0.25, 0.3) is 0 Å². The van der Waals surface area contributed by atoms with Crippen molar-refractivity contribution in [3.05, 3.63) is 187 Å². The van der Waals surface area contributed by atoms with E-state index in [-0.39, 0.29) is 5.41 Å². The maximum absolute atomic E-state index is 2.43. The number of benzene rings is 8. The molecule has 0 aromatic heterocycles. The van der Waals surface area contributed by atoms with Gasteiger partial charge in [-0.25, -0.2) is 0 Å². The monoisotopic (exact) mass is 613 g/mol. The molecular weight excluding hydrogens is 579 g/mol. The number of fused-ring (bicyclic) bond motifs is 5. The molecule has 0 unspecified atom stereocenters. The van der Waals surface area contributed by atoms with Gasteiger partial charge in [0.15, 0.2) is 0 Å². The Labute approximate surface area is 282 Å². The smallest absolute Gasteiger partial charge is 0.0467 e. The van der Waals surface area contributed by atoms with Crippen LogP contribution in [-0.4, -0.2) is 0 Å². The van der Waals surface area contributed by atoms with E-state index >= 15 is 0 Å². The van der Waals surface area contributed by atoms with E-state index in [2.05, 4.69) is 195 Å². The van der Waals surface area contributed by atoms with Gasteiger partial charge >= 0.3 is 0 Å². The third kappa shape index (κ3) is 4.62. The average Bonchev–Trinajstić information content (AvgIpc) is 3.37. The Morgan fingerprint density at radius 1 is 0.354 bits per heavy atom. The molecule has 0 fully saturated rings. The molecule has 0 saturated heterocycles. The van der Waals surface area contributed by atoms with Gasteiger partial charge in [0.05, 0.1) is 0 Å². The topological polar surface area (TPSA) is 3.24 Å². The molecule has 0 radical (unpaired) electrons. The van der Waals surface area contributed by atoms with Gasteiger partial charge in [-0.1, -0.05) is 147 Å². The Morgan fingerprint density at radius 3 is 1.79 bits per heavy atom. The number of nitrogens with zero attached hydrogens (tertiary/aromatic N) is 1. The lowest BCUT2D eigenvalue weighted by molar-refractivity contribution is 0.660. The molecule has 1 heteroatoms. The van der Waals surface area contributed by atoms with Crippen LogP contribution in [0.1, 0.15) is 25.0 Å². The lowest BCUT2D eigenvalue weighted by Gasteiger charge is -2.29. The van der Waals surface area contributed by atoms with Crippen molar-refractivity contribution in [2.24, 2.45) is 0 Å². The van der Waals surface area contributed by atoms with Gasteiger partial charge in [-0.2, -0.15) is 0 Å². The zero-order valence-electron chi connectivity index (χ0n) is 27.2. The lowest BCUT2D eigenvalue weighted by atomic mass is 9.82. The second-order valence-corrected chi connectivity index (χ2v) is 13.4. The highest BCUT2D eigenvalue weighted by Crippen LogP contribution is 2.51. The largest absolute Gasteiger partial charge is 0.310 e. The molecule has 0 N–H and O–H groups in total. The van der Waals surface area contributed by atoms with Crippen LogP contribution in [0.25, 0.3) is 54.9 Å². The molecule has 228 valence electrons. The highest BCUT2D eigenvalue weighted by molar-refractivity contribution is 5.98. The SMILES string of the molecule is CC1(C)c2ccccc2-c2ccc(N(c3cccc(-c4ccc5ccccc5c4)c3)c3cccc(-c4cccc5ccccc45)c3)cc21. The number of rotatable bonds is 5. The Hall–Kier alpha value is -5.92. The van der Waals surface area contributed by atoms with Gasteiger partial charge < -0.3 is 4.90 Å². The summed E-state index contributed by atoms with van der Waals surface area (Å²) >= 11 is 0. The fourth-order valence-corrected chi connectivity index (χ4v) is 7.76. The third-order valence-electron chi connectivity index (χ3n) is 10.2. The van der Waals surface area contributed by atoms with Crippen LogP contribution in [-0.2, 0) is 5.41 Å². The molecule has 0 saturated carbocycles. The fraction of sp³-hybridized carbons (Fsp3) is 0.0638. The number of hydrogen-bond acceptors (Lipinski definition) is 1. The van der Waals surface area contributed by atoms with E-state index in [4.69, 9.17) is 0 Å². The van der Waals surface area contributed by atoms with Crippen molar-refractivity contribution in [1.82, 2.24) is 0 Å². The van der Waals surface area contributed by atoms with Crippen LogP contribution in [0.4, 0.5) is 17.1 Å². The summed E-state index contributed by atoms with van der Waals surface area (Å²) in [6.07, 6.45) is 0. The fourth-order valence-electron chi connectivity index (χ4n) is 7.76. The summed E-state index contributed by atoms with van der Waals surface area (Å²) in [6.45, 7) is 4.71. The Morgan fingerprint density at radius 2 is 0.938 bits per heavy atom. The quantitative estimate of drug-likeness (QED) is 0.187. The molecule has 9 rings (SSSR count). The van der Waals surface area contributed by atoms with Crippen LogP contribution >= 0.6 is 0 Å². The van der Waals surface area contributed by atoms with Crippen LogP contribution < -0.4 is 4.90 Å². The second kappa shape index (κ2) is 11.1. The molecule has 8 aromatic carbocycles. The molecule has 0 spiro atoms. The van der Waals surface area contributed by atoms with Crippen molar-refractivity contribution >= 4 is 38.6 Å². The Bertz CT molecular complexity index is 2500. The van der Waals surface area contributed by atoms with Gasteiger partial charge in [-0.05, 0) is 109 Å². The number of hydrogen-bond donors (Lipinski definition) is 0. The van der Waals surface area contributed by atoms with E-state index in [0.29, 0.717) is 0 Å². The molecule has 8 aromatic rings. The van der Waals surface area contributed by atoms with E-state index < -0.39 is 0 Å². The van der Waals surface area contributed by atoms with Gasteiger partial charge in [0.1, 0.15) is 0 Å². The lowest BCUT2D eigenvalue weighted by Crippen LogP contribution is -2.16. The van der Waals surface area contributed by atoms with E-state index in [9.17, 15) is 0 Å². The minimum Gasteiger partial charge on any atom is -0.310 e. The molecule has 0 heterocycles. The molecule has 1 nitrogen and oxygen atoms in total. The minimum atomic E-state index is -0.0919. The molecule has 1 aliphatic carbocycles. The van der Waals surface area contributed by atoms with Crippen LogP contribution in [0.2, 0.25) is 0 Å². The van der Waals surface area contributed by atoms with Crippen molar-refractivity contribution < 1.29 is 0 Å². The van der Waals surface area contributed by atoms with E-state index in [0.717, 1.165) is 17.1 Å². The first-order valence-electron chi connectivity index (χ1n) is 16.8. The van der Waals surface area contributed by atoms with Crippen LogP contribution in [0.5, 0.6) is 0 Å². The van der Waals surface area contributed by atoms with E-state index in [1.165, 1.54) is 66.1 Å². The summed E-state index contributed by atoms with van der Waals surface area (Å²) in [5.74, 6) is 0. The standard InChI is InChI=1S/C47H35N/c1-47(2)45-23-8-7-21-43(45)44-27-26-40(31-46(44)47)48(38-18-9-16-35(29-38)36-25-24-32-12-3-4-14-34(32)28-36)39-19-10-17-37(30-39)42-22-11-15-33-13-5-6-20-41(33)42/h3-31H,1-2H3. The van der Waals surface area contributed by atoms with E-state index in [1.807, 2.05) is 0 Å². The third-order valence-corrected chi connectivity index (χ3v) is 10.2. The predicted molar refractivity (Wildman–Crippen MR) is 205 cm³/mol. The molecule has 0 atom stereocenters. The van der Waals surface area contributed by atoms with Crippen LogP contribution in [0.3, 0.4) is 0 Å². The maximum Gasteiger partial charge on any atom is 0.0467 e. The van der Waals surface area contributed by atoms with Gasteiger partial charge in [0.2, 0.25) is 0 Å². The molecule has 1 aliphatic rings. The molecular formula is C47H35N. The maximum atomic E-state index is 2.43. The van der Waals surface area contributed by atoms with E-state index in [1.54, 1.807) is 0 Å². The van der Waals surface area contributed by atoms with Crippen LogP contribution in [0, 0.1) is 0 Å². The first-order chi connectivity index (χ1) is 23.5. The molecule has 0 bridgehead atoms. The molecule has 0 aliphatic heterocycles. The summed E-state index contributed by atoms with van der Waals surface area (Å²) in [5.41, 5.74) is 13.6. The summed E-state index contributed by atoms with van der Waals surface area (Å²) in [5, 5.41) is 5.02. The van der Waals surface area contributed by atoms with Crippen molar-refractivity contribution in [2.45, 2.75) is 19.3 Å². The van der Waals surface area contributed by atoms with Crippen molar-refractivity contribution in [2.75, 3.05) is 4.90 Å². The Kier molecular flexibility index (Phi) is 6.55. The van der Waals surface area contributed by atoms with Crippen molar-refractivity contribution in [3.63, 3.8) is 0 Å². The minimum absolute atomic E-state index is 0.0919. The summed E-state index contributed by atoms with van der Waals surface area (Å²) in [4.78, 5) is 2.43. The van der Waals surface area contributed by atoms with Gasteiger partial charge in [0, 0.05) is 22.5 Å². The van der Waals surface area contributed by atoms with Crippen LogP contribution in [0.15, 0.2) is 176 Å². The predicted octanol–water partition coefficient (Wildman–Crippen LogP) is 13.1. The van der Waals surface area contributed by atoms with Crippen molar-refractivity contribution in [1.29, 1.82) is 0 Å². The highest BCUT2D eigenvalue weighted by atomic mass is 15.1. The summed E-state index contributed by atoms with van der Waals surface area (Å²) < 4.78 is 0. The second-order valence-electron chi connectivity index (χ2n) is 13.4. The zero-order chi connectivity index (χ0) is 32.2. The molecule has 0 amide bonds. The van der Waals surface area contributed by atoms with Gasteiger partial charge in [-0.15, -0.1) is 0 Å². The first kappa shape index (κ1) is 28.3.